The number of ether oxygens (including phenoxy) is 1. The standard InChI is InChI=1S/C24H19F3N2O2/c25-24(26,27)23(30)31-21-19-13-11-17(15-18(19)12-14-20(21)22(28)29)10-6-2-5-9-16-7-3-1-4-8-16/h1,3-4,7-8,11-15H,2,5,9H2,(H3,28,29). The molecule has 3 aromatic carbocycles. The number of esters is 1. The molecule has 0 bridgehead atoms. The molecular weight excluding hydrogens is 405 g/mol. The largest absolute Gasteiger partial charge is 0.491 e. The van der Waals surface area contributed by atoms with Gasteiger partial charge in [0.15, 0.2) is 0 Å². The monoisotopic (exact) mass is 424 g/mol. The van der Waals surface area contributed by atoms with Crippen molar-refractivity contribution in [2.75, 3.05) is 0 Å². The first-order valence-electron chi connectivity index (χ1n) is 9.48. The topological polar surface area (TPSA) is 76.2 Å². The van der Waals surface area contributed by atoms with Gasteiger partial charge in [-0.15, -0.1) is 0 Å². The second-order valence-electron chi connectivity index (χ2n) is 6.82. The molecule has 0 heterocycles. The number of amidine groups is 1. The number of nitrogens with two attached hydrogens (primary N) is 1. The normalized spacial score (nSPS) is 10.9. The average Bonchev–Trinajstić information content (AvgIpc) is 2.73. The molecule has 0 fully saturated rings. The van der Waals surface area contributed by atoms with Crippen LogP contribution in [-0.4, -0.2) is 18.0 Å². The van der Waals surface area contributed by atoms with E-state index in [1.165, 1.54) is 17.7 Å². The molecule has 0 aromatic heterocycles. The lowest BCUT2D eigenvalue weighted by Gasteiger charge is -2.13. The molecule has 3 N–H and O–H groups in total. The maximum Gasteiger partial charge on any atom is 0.491 e. The summed E-state index contributed by atoms with van der Waals surface area (Å²) in [5, 5.41) is 8.32. The van der Waals surface area contributed by atoms with E-state index in [1.54, 1.807) is 18.2 Å². The Morgan fingerprint density at radius 3 is 2.48 bits per heavy atom. The number of unbranched alkanes of at least 4 members (excludes halogenated alkanes) is 1. The summed E-state index contributed by atoms with van der Waals surface area (Å²) >= 11 is 0. The van der Waals surface area contributed by atoms with Crippen LogP contribution in [0.2, 0.25) is 0 Å². The van der Waals surface area contributed by atoms with Crippen LogP contribution in [0, 0.1) is 17.3 Å². The van der Waals surface area contributed by atoms with Gasteiger partial charge in [-0.1, -0.05) is 48.2 Å². The maximum absolute atomic E-state index is 12.7. The minimum Gasteiger partial charge on any atom is -0.418 e. The van der Waals surface area contributed by atoms with Crippen LogP contribution in [0.15, 0.2) is 60.7 Å². The van der Waals surface area contributed by atoms with Crippen LogP contribution < -0.4 is 10.5 Å². The number of hydrogen-bond acceptors (Lipinski definition) is 3. The summed E-state index contributed by atoms with van der Waals surface area (Å²) in [5.74, 6) is 2.87. The zero-order chi connectivity index (χ0) is 22.4. The third kappa shape index (κ3) is 5.64. The number of nitrogen functional groups attached to an aromatic ring is 1. The number of carbonyl (C=O) groups is 1. The fourth-order valence-electron chi connectivity index (χ4n) is 3.04. The van der Waals surface area contributed by atoms with Gasteiger partial charge in [0.1, 0.15) is 11.6 Å². The Kier molecular flexibility index (Phi) is 6.61. The number of nitrogens with one attached hydrogen (secondary N) is 1. The first-order valence-corrected chi connectivity index (χ1v) is 9.48. The van der Waals surface area contributed by atoms with Crippen LogP contribution in [0.25, 0.3) is 10.8 Å². The molecule has 0 aliphatic carbocycles. The van der Waals surface area contributed by atoms with Crippen molar-refractivity contribution in [2.24, 2.45) is 5.73 Å². The molecule has 0 radical (unpaired) electrons. The molecule has 4 nitrogen and oxygen atoms in total. The van der Waals surface area contributed by atoms with Crippen molar-refractivity contribution in [1.29, 1.82) is 5.41 Å². The van der Waals surface area contributed by atoms with E-state index >= 15 is 0 Å². The molecule has 3 aromatic rings. The number of fused-ring (bicyclic) bond motifs is 1. The van der Waals surface area contributed by atoms with Gasteiger partial charge in [0.2, 0.25) is 0 Å². The molecule has 158 valence electrons. The van der Waals surface area contributed by atoms with Gasteiger partial charge in [-0.05, 0) is 48.1 Å². The second-order valence-corrected chi connectivity index (χ2v) is 6.82. The SMILES string of the molecule is N=C(N)c1ccc2cc(C#CCCCc3ccccc3)ccc2c1OC(=O)C(F)(F)F. The van der Waals surface area contributed by atoms with Crippen molar-refractivity contribution in [3.8, 4) is 17.6 Å². The first-order chi connectivity index (χ1) is 14.8. The van der Waals surface area contributed by atoms with Crippen molar-refractivity contribution < 1.29 is 22.7 Å². The minimum atomic E-state index is -5.17. The summed E-state index contributed by atoms with van der Waals surface area (Å²) in [6.07, 6.45) is -2.63. The van der Waals surface area contributed by atoms with Gasteiger partial charge in [0.05, 0.1) is 5.56 Å². The Bertz CT molecular complexity index is 1180. The van der Waals surface area contributed by atoms with Gasteiger partial charge in [0, 0.05) is 17.4 Å². The lowest BCUT2D eigenvalue weighted by molar-refractivity contribution is -0.189. The highest BCUT2D eigenvalue weighted by molar-refractivity contribution is 6.05. The van der Waals surface area contributed by atoms with E-state index < -0.39 is 23.7 Å². The summed E-state index contributed by atoms with van der Waals surface area (Å²) in [6, 6.07) is 17.9. The van der Waals surface area contributed by atoms with E-state index in [9.17, 15) is 18.0 Å². The van der Waals surface area contributed by atoms with E-state index in [0.29, 0.717) is 17.4 Å². The molecular formula is C24H19F3N2O2. The molecule has 0 saturated carbocycles. The van der Waals surface area contributed by atoms with Crippen LogP contribution in [0.4, 0.5) is 13.2 Å². The third-order valence-corrected chi connectivity index (χ3v) is 4.53. The maximum atomic E-state index is 12.7. The van der Waals surface area contributed by atoms with Crippen LogP contribution in [-0.2, 0) is 11.2 Å². The van der Waals surface area contributed by atoms with Crippen LogP contribution >= 0.6 is 0 Å². The number of aryl methyl sites for hydroxylation is 1. The lowest BCUT2D eigenvalue weighted by atomic mass is 10.0. The molecule has 0 aliphatic heterocycles. The Morgan fingerprint density at radius 1 is 1.06 bits per heavy atom. The molecule has 7 heteroatoms. The summed E-state index contributed by atoms with van der Waals surface area (Å²) in [7, 11) is 0. The number of alkyl halides is 3. The summed E-state index contributed by atoms with van der Waals surface area (Å²) in [4.78, 5) is 11.3. The molecule has 0 spiro atoms. The Balaban J connectivity index is 1.80. The number of benzene rings is 3. The fourth-order valence-corrected chi connectivity index (χ4v) is 3.04. The van der Waals surface area contributed by atoms with Gasteiger partial charge in [0.25, 0.3) is 0 Å². The second kappa shape index (κ2) is 9.35. The molecule has 0 amide bonds. The van der Waals surface area contributed by atoms with Crippen molar-refractivity contribution >= 4 is 22.6 Å². The Hall–Kier alpha value is -3.79. The van der Waals surface area contributed by atoms with E-state index in [1.807, 2.05) is 18.2 Å². The highest BCUT2D eigenvalue weighted by Crippen LogP contribution is 2.32. The van der Waals surface area contributed by atoms with Gasteiger partial charge < -0.3 is 10.5 Å². The van der Waals surface area contributed by atoms with Crippen LogP contribution in [0.5, 0.6) is 5.75 Å². The smallest absolute Gasteiger partial charge is 0.418 e. The quantitative estimate of drug-likeness (QED) is 0.152. The highest BCUT2D eigenvalue weighted by atomic mass is 19.4. The zero-order valence-corrected chi connectivity index (χ0v) is 16.4. The van der Waals surface area contributed by atoms with Gasteiger partial charge >= 0.3 is 12.1 Å². The summed E-state index contributed by atoms with van der Waals surface area (Å²) in [6.45, 7) is 0. The van der Waals surface area contributed by atoms with Crippen LogP contribution in [0.1, 0.15) is 29.5 Å². The molecule has 3 rings (SSSR count). The average molecular weight is 424 g/mol. The number of hydrogen-bond donors (Lipinski definition) is 2. The van der Waals surface area contributed by atoms with Gasteiger partial charge in [-0.3, -0.25) is 5.41 Å². The highest BCUT2D eigenvalue weighted by Gasteiger charge is 2.42. The predicted molar refractivity (Wildman–Crippen MR) is 113 cm³/mol. The first kappa shape index (κ1) is 21.9. The minimum absolute atomic E-state index is 0.0927. The zero-order valence-electron chi connectivity index (χ0n) is 16.4. The summed E-state index contributed by atoms with van der Waals surface area (Å²) < 4.78 is 42.6. The Labute approximate surface area is 177 Å². The van der Waals surface area contributed by atoms with E-state index in [4.69, 9.17) is 11.1 Å². The van der Waals surface area contributed by atoms with Crippen molar-refractivity contribution in [3.05, 3.63) is 77.4 Å². The molecule has 0 saturated heterocycles. The van der Waals surface area contributed by atoms with E-state index in [-0.39, 0.29) is 10.9 Å². The van der Waals surface area contributed by atoms with Crippen molar-refractivity contribution in [3.63, 3.8) is 0 Å². The van der Waals surface area contributed by atoms with E-state index in [0.717, 1.165) is 12.8 Å². The number of carbonyl (C=O) groups excluding carboxylic acids is 1. The fraction of sp³-hybridized carbons (Fsp3) is 0.167. The lowest BCUT2D eigenvalue weighted by Crippen LogP contribution is -2.29. The van der Waals surface area contributed by atoms with E-state index in [2.05, 4.69) is 28.7 Å². The molecule has 0 unspecified atom stereocenters. The summed E-state index contributed by atoms with van der Waals surface area (Å²) in [5.41, 5.74) is 7.28. The van der Waals surface area contributed by atoms with Crippen molar-refractivity contribution in [1.82, 2.24) is 0 Å². The van der Waals surface area contributed by atoms with Gasteiger partial charge in [-0.25, -0.2) is 4.79 Å². The molecule has 31 heavy (non-hydrogen) atoms. The Morgan fingerprint density at radius 2 is 1.81 bits per heavy atom. The number of rotatable bonds is 5. The molecule has 0 aliphatic rings. The van der Waals surface area contributed by atoms with Gasteiger partial charge in [-0.2, -0.15) is 13.2 Å². The molecule has 0 atom stereocenters. The predicted octanol–water partition coefficient (Wildman–Crippen LogP) is 4.97. The van der Waals surface area contributed by atoms with Crippen LogP contribution in [0.3, 0.4) is 0 Å². The third-order valence-electron chi connectivity index (χ3n) is 4.53. The number of halogens is 3. The van der Waals surface area contributed by atoms with Crippen molar-refractivity contribution in [2.45, 2.75) is 25.4 Å².